The lowest BCUT2D eigenvalue weighted by Gasteiger charge is -2.61. The first-order valence-electron chi connectivity index (χ1n) is 14.0. The van der Waals surface area contributed by atoms with Crippen molar-refractivity contribution in [3.05, 3.63) is 35.1 Å². The van der Waals surface area contributed by atoms with Crippen LogP contribution in [-0.2, 0) is 40.5 Å². The summed E-state index contributed by atoms with van der Waals surface area (Å²) in [4.78, 5) is 50.8. The molecule has 2 aliphatic heterocycles. The van der Waals surface area contributed by atoms with Gasteiger partial charge in [0.1, 0.15) is 17.8 Å². The predicted molar refractivity (Wildman–Crippen MR) is 146 cm³/mol. The van der Waals surface area contributed by atoms with E-state index in [4.69, 9.17) is 29.8 Å². The zero-order valence-corrected chi connectivity index (χ0v) is 24.0. The molecule has 0 saturated carbocycles. The Morgan fingerprint density at radius 2 is 1.98 bits per heavy atom. The molecule has 5 N–H and O–H groups in total. The number of carbonyl (C=O) groups is 4. The molecule has 1 aromatic rings. The van der Waals surface area contributed by atoms with Gasteiger partial charge in [0.15, 0.2) is 23.7 Å². The highest BCUT2D eigenvalue weighted by atomic mass is 16.6. The number of aliphatic hydroxyl groups is 1. The first-order valence-corrected chi connectivity index (χ1v) is 14.0. The van der Waals surface area contributed by atoms with E-state index in [1.807, 2.05) is 19.2 Å². The molecule has 2 heterocycles. The normalized spacial score (nSPS) is 29.1. The fourth-order valence-electron chi connectivity index (χ4n) is 6.89. The van der Waals surface area contributed by atoms with Crippen molar-refractivity contribution in [2.24, 2.45) is 5.73 Å². The Labute approximate surface area is 242 Å². The summed E-state index contributed by atoms with van der Waals surface area (Å²) in [6.45, 7) is 3.45. The molecule has 2 bridgehead atoms. The maximum absolute atomic E-state index is 13.1. The molecule has 13 nitrogen and oxygen atoms in total. The number of nitrogens with two attached hydrogens (primary N) is 1. The van der Waals surface area contributed by atoms with Gasteiger partial charge in [0, 0.05) is 24.4 Å². The molecular weight excluding hydrogens is 550 g/mol. The topological polar surface area (TPSA) is 187 Å². The number of ether oxygens (including phenoxy) is 4. The number of nitrogens with zero attached hydrogens (tertiary/aromatic N) is 1. The molecule has 228 valence electrons. The summed E-state index contributed by atoms with van der Waals surface area (Å²) in [5.41, 5.74) is 5.35. The van der Waals surface area contributed by atoms with Gasteiger partial charge in [-0.15, -0.1) is 0 Å². The fourth-order valence-corrected chi connectivity index (χ4v) is 6.89. The maximum Gasteiger partial charge on any atom is 0.352 e. The number of methoxy groups -OCH3 is 1. The average Bonchev–Trinajstić information content (AvgIpc) is 3.30. The molecule has 13 heteroatoms. The molecule has 0 unspecified atom stereocenters. The lowest BCUT2D eigenvalue weighted by atomic mass is 9.50. The van der Waals surface area contributed by atoms with E-state index in [2.05, 4.69) is 10.2 Å². The molecular formula is C29H37N3O10. The van der Waals surface area contributed by atoms with Crippen molar-refractivity contribution in [3.8, 4) is 11.5 Å². The highest BCUT2D eigenvalue weighted by molar-refractivity contribution is 5.86. The van der Waals surface area contributed by atoms with Gasteiger partial charge in [0.25, 0.3) is 0 Å². The lowest BCUT2D eigenvalue weighted by molar-refractivity contribution is -0.176. The summed E-state index contributed by atoms with van der Waals surface area (Å²) < 4.78 is 23.1. The largest absolute Gasteiger partial charge is 0.493 e. The number of benzene rings is 1. The highest BCUT2D eigenvalue weighted by Crippen LogP contribution is 2.65. The number of likely N-dealkylation sites (N-methyl/N-ethyl adjacent to an activating group) is 1. The average molecular weight is 588 g/mol. The van der Waals surface area contributed by atoms with E-state index in [9.17, 15) is 24.3 Å². The maximum atomic E-state index is 13.1. The third kappa shape index (κ3) is 4.59. The molecule has 7 atom stereocenters. The molecule has 4 aliphatic rings. The van der Waals surface area contributed by atoms with Gasteiger partial charge in [0.05, 0.1) is 18.1 Å². The number of aliphatic carboxylic acids is 1. The van der Waals surface area contributed by atoms with Crippen molar-refractivity contribution in [2.45, 2.75) is 87.3 Å². The molecule has 42 heavy (non-hydrogen) atoms. The number of likely N-dealkylation sites (tertiary alicyclic amines) is 1. The van der Waals surface area contributed by atoms with Crippen molar-refractivity contribution in [3.63, 3.8) is 0 Å². The van der Waals surface area contributed by atoms with E-state index in [0.717, 1.165) is 11.1 Å². The van der Waals surface area contributed by atoms with E-state index in [-0.39, 0.29) is 31.1 Å². The van der Waals surface area contributed by atoms with Crippen LogP contribution in [0.4, 0.5) is 0 Å². The van der Waals surface area contributed by atoms with Crippen LogP contribution in [0, 0.1) is 0 Å². The predicted octanol–water partition coefficient (Wildman–Crippen LogP) is 0.145. The van der Waals surface area contributed by atoms with Gasteiger partial charge in [-0.1, -0.05) is 6.07 Å². The third-order valence-corrected chi connectivity index (χ3v) is 9.13. The summed E-state index contributed by atoms with van der Waals surface area (Å²) in [7, 11) is 3.55. The van der Waals surface area contributed by atoms with Gasteiger partial charge in [-0.3, -0.25) is 9.59 Å². The number of carboxylic acids is 1. The number of rotatable bonds is 10. The summed E-state index contributed by atoms with van der Waals surface area (Å²) >= 11 is 0. The Balaban J connectivity index is 1.29. The van der Waals surface area contributed by atoms with Gasteiger partial charge < -0.3 is 45.1 Å². The lowest BCUT2D eigenvalue weighted by Crippen LogP contribution is -2.74. The van der Waals surface area contributed by atoms with E-state index in [0.29, 0.717) is 30.9 Å². The number of hydrogen-bond acceptors (Lipinski definition) is 11. The number of nitrogens with one attached hydrogen (secondary N) is 1. The first kappa shape index (κ1) is 29.8. The van der Waals surface area contributed by atoms with Crippen LogP contribution in [0.25, 0.3) is 0 Å². The van der Waals surface area contributed by atoms with Crippen molar-refractivity contribution in [1.82, 2.24) is 10.2 Å². The van der Waals surface area contributed by atoms with Crippen LogP contribution < -0.4 is 20.5 Å². The quantitative estimate of drug-likeness (QED) is 0.272. The molecule has 1 saturated heterocycles. The van der Waals surface area contributed by atoms with Crippen molar-refractivity contribution in [2.75, 3.05) is 20.7 Å². The molecule has 5 rings (SSSR count). The van der Waals surface area contributed by atoms with E-state index >= 15 is 0 Å². The van der Waals surface area contributed by atoms with Crippen LogP contribution in [0.5, 0.6) is 11.5 Å². The van der Waals surface area contributed by atoms with Gasteiger partial charge in [-0.25, -0.2) is 9.59 Å². The smallest absolute Gasteiger partial charge is 0.352 e. The minimum atomic E-state index is -1.32. The number of esters is 2. The van der Waals surface area contributed by atoms with Crippen LogP contribution >= 0.6 is 0 Å². The molecule has 1 fully saturated rings. The third-order valence-electron chi connectivity index (χ3n) is 9.13. The second kappa shape index (κ2) is 10.9. The Morgan fingerprint density at radius 3 is 2.67 bits per heavy atom. The fraction of sp³-hybridized carbons (Fsp3) is 0.586. The zero-order chi connectivity index (χ0) is 30.6. The van der Waals surface area contributed by atoms with Crippen LogP contribution in [0.2, 0.25) is 0 Å². The second-order valence-electron chi connectivity index (χ2n) is 11.6. The number of piperidine rings is 1. The Kier molecular flexibility index (Phi) is 7.71. The number of amides is 1. The number of carboxylic acid groups (broad SMARTS) is 1. The SMILES string of the molecule is COc1ccc2c3c1O[C@H]1C(OC(=O)[C@H](C)OC(=O)[C@H](C)NC(=O)CC[C@H](N)C(=O)O)=CC[C@@]4(O)[C@H](C2)N(C)CC[C@]314. The molecule has 2 aliphatic carbocycles. The zero-order valence-electron chi connectivity index (χ0n) is 24.0. The standard InChI is InChI=1S/C29H37N3O10/c1-14(31-21(33)8-6-17(30)25(34)35)26(36)40-15(2)27(37)41-19-9-10-29(38)20-13-16-5-7-18(39-4)23-22(16)28(29,24(19)42-23)11-12-32(20)3/h5,7,9,14-15,17,20,24,38H,6,8,10-13,30H2,1-4H3,(H,31,33)(H,34,35)/t14-,15-,17-,20-,24-,28-,29+/m0/s1. The van der Waals surface area contributed by atoms with Gasteiger partial charge in [0.2, 0.25) is 5.91 Å². The Morgan fingerprint density at radius 1 is 1.24 bits per heavy atom. The van der Waals surface area contributed by atoms with Crippen LogP contribution in [0.1, 0.15) is 50.7 Å². The van der Waals surface area contributed by atoms with E-state index in [1.54, 1.807) is 13.2 Å². The summed E-state index contributed by atoms with van der Waals surface area (Å²) in [6, 6.07) is 1.39. The molecule has 1 aromatic carbocycles. The van der Waals surface area contributed by atoms with Gasteiger partial charge >= 0.3 is 17.9 Å². The van der Waals surface area contributed by atoms with Crippen LogP contribution in [0.3, 0.4) is 0 Å². The summed E-state index contributed by atoms with van der Waals surface area (Å²) in [5.74, 6) is -2.21. The molecule has 1 spiro atoms. The van der Waals surface area contributed by atoms with Crippen molar-refractivity contribution >= 4 is 23.8 Å². The number of hydrogen-bond donors (Lipinski definition) is 4. The van der Waals surface area contributed by atoms with Crippen molar-refractivity contribution in [1.29, 1.82) is 0 Å². The van der Waals surface area contributed by atoms with Crippen molar-refractivity contribution < 1.29 is 48.3 Å². The van der Waals surface area contributed by atoms with Gasteiger partial charge in [-0.2, -0.15) is 0 Å². The summed E-state index contributed by atoms with van der Waals surface area (Å²) in [5, 5.41) is 23.5. The monoisotopic (exact) mass is 587 g/mol. The van der Waals surface area contributed by atoms with Crippen LogP contribution in [0.15, 0.2) is 24.0 Å². The summed E-state index contributed by atoms with van der Waals surface area (Å²) in [6.07, 6.45) is 0.726. The highest BCUT2D eigenvalue weighted by Gasteiger charge is 2.72. The molecule has 0 aromatic heterocycles. The minimum absolute atomic E-state index is 0.102. The first-order chi connectivity index (χ1) is 19.8. The minimum Gasteiger partial charge on any atom is -0.493 e. The van der Waals surface area contributed by atoms with Crippen LogP contribution in [-0.4, -0.2) is 95.6 Å². The number of carbonyl (C=O) groups excluding carboxylic acids is 3. The molecule has 0 radical (unpaired) electrons. The molecule has 1 amide bonds. The van der Waals surface area contributed by atoms with Gasteiger partial charge in [-0.05, 0) is 64.4 Å². The van der Waals surface area contributed by atoms with E-state index in [1.165, 1.54) is 13.8 Å². The van der Waals surface area contributed by atoms with E-state index < -0.39 is 59.1 Å². The Hall–Kier alpha value is -3.68. The second-order valence-corrected chi connectivity index (χ2v) is 11.6. The Bertz CT molecular complexity index is 1350.